The summed E-state index contributed by atoms with van der Waals surface area (Å²) < 4.78 is 7.74. The first-order chi connectivity index (χ1) is 12.1. The van der Waals surface area contributed by atoms with Gasteiger partial charge in [0.15, 0.2) is 0 Å². The second-order valence-corrected chi connectivity index (χ2v) is 6.49. The first-order valence-corrected chi connectivity index (χ1v) is 8.44. The van der Waals surface area contributed by atoms with E-state index in [4.69, 9.17) is 4.42 Å². The van der Waals surface area contributed by atoms with Crippen LogP contribution in [0.2, 0.25) is 0 Å². The molecular weight excluding hydrogens is 316 g/mol. The fourth-order valence-corrected chi connectivity index (χ4v) is 3.22. The number of carbonyl (C=O) groups is 1. The molecule has 1 saturated heterocycles. The zero-order chi connectivity index (χ0) is 17.4. The highest BCUT2D eigenvalue weighted by Crippen LogP contribution is 2.26. The molecule has 1 aromatic carbocycles. The zero-order valence-electron chi connectivity index (χ0n) is 14.3. The van der Waals surface area contributed by atoms with E-state index in [0.29, 0.717) is 30.4 Å². The minimum Gasteiger partial charge on any atom is -0.431 e. The Bertz CT molecular complexity index is 897. The molecule has 1 unspecified atom stereocenters. The molecule has 0 bridgehead atoms. The van der Waals surface area contributed by atoms with Crippen molar-refractivity contribution in [2.45, 2.75) is 26.3 Å². The molecule has 0 radical (unpaired) electrons. The third kappa shape index (κ3) is 2.95. The van der Waals surface area contributed by atoms with E-state index in [1.165, 1.54) is 0 Å². The summed E-state index contributed by atoms with van der Waals surface area (Å²) in [5.41, 5.74) is 2.63. The highest BCUT2D eigenvalue weighted by atomic mass is 16.4. The van der Waals surface area contributed by atoms with Gasteiger partial charge in [0.05, 0.1) is 17.9 Å². The Morgan fingerprint density at radius 1 is 1.24 bits per heavy atom. The normalized spacial score (nSPS) is 17.2. The largest absolute Gasteiger partial charge is 0.431 e. The quantitative estimate of drug-likeness (QED) is 0.736. The van der Waals surface area contributed by atoms with Crippen LogP contribution in [0.25, 0.3) is 11.5 Å². The number of hydrogen-bond acceptors (Lipinski definition) is 4. The number of amides is 1. The molecule has 1 atom stereocenters. The highest BCUT2D eigenvalue weighted by Gasteiger charge is 2.31. The monoisotopic (exact) mass is 336 g/mol. The molecule has 2 aromatic heterocycles. The molecule has 3 aromatic rings. The van der Waals surface area contributed by atoms with E-state index in [1.807, 2.05) is 66.2 Å². The van der Waals surface area contributed by atoms with Gasteiger partial charge in [-0.2, -0.15) is 5.10 Å². The lowest BCUT2D eigenvalue weighted by atomic mass is 10.2. The van der Waals surface area contributed by atoms with Crippen molar-refractivity contribution in [1.29, 1.82) is 0 Å². The van der Waals surface area contributed by atoms with Gasteiger partial charge in [-0.25, -0.2) is 4.98 Å². The number of likely N-dealkylation sites (tertiary alicyclic amines) is 1. The molecule has 0 spiro atoms. The Morgan fingerprint density at radius 2 is 2.04 bits per heavy atom. The van der Waals surface area contributed by atoms with Crippen LogP contribution in [0.15, 0.2) is 47.1 Å². The van der Waals surface area contributed by atoms with Gasteiger partial charge in [0, 0.05) is 24.8 Å². The lowest BCUT2D eigenvalue weighted by Gasteiger charge is -2.15. The number of nitrogens with zero attached hydrogens (tertiary/aromatic N) is 4. The molecule has 1 fully saturated rings. The van der Waals surface area contributed by atoms with Gasteiger partial charge in [-0.15, -0.1) is 0 Å². The smallest absolute Gasteiger partial charge is 0.291 e. The standard InChI is InChI=1S/C19H20N4O2/c1-13-10-20-23(11-13)16-8-9-22(12-16)19(24)17-14(2)21-18(25-17)15-6-4-3-5-7-15/h3-7,10-11,16H,8-9,12H2,1-2H3. The van der Waals surface area contributed by atoms with Gasteiger partial charge >= 0.3 is 0 Å². The third-order valence-corrected chi connectivity index (χ3v) is 4.57. The van der Waals surface area contributed by atoms with Gasteiger partial charge in [-0.1, -0.05) is 18.2 Å². The number of carbonyl (C=O) groups excluding carboxylic acids is 1. The van der Waals surface area contributed by atoms with Crippen LogP contribution in [0.1, 0.15) is 34.3 Å². The first kappa shape index (κ1) is 15.6. The summed E-state index contributed by atoms with van der Waals surface area (Å²) >= 11 is 0. The number of aromatic nitrogens is 3. The van der Waals surface area contributed by atoms with E-state index in [9.17, 15) is 4.79 Å². The van der Waals surface area contributed by atoms with Crippen molar-refractivity contribution >= 4 is 5.91 Å². The van der Waals surface area contributed by atoms with Crippen LogP contribution >= 0.6 is 0 Å². The van der Waals surface area contributed by atoms with E-state index in [2.05, 4.69) is 10.1 Å². The van der Waals surface area contributed by atoms with E-state index in [0.717, 1.165) is 17.5 Å². The van der Waals surface area contributed by atoms with Gasteiger partial charge in [0.2, 0.25) is 11.7 Å². The maximum absolute atomic E-state index is 12.9. The number of benzene rings is 1. The fourth-order valence-electron chi connectivity index (χ4n) is 3.22. The summed E-state index contributed by atoms with van der Waals surface area (Å²) in [7, 11) is 0. The molecule has 0 saturated carbocycles. The predicted octanol–water partition coefficient (Wildman–Crippen LogP) is 3.24. The lowest BCUT2D eigenvalue weighted by Crippen LogP contribution is -2.29. The maximum Gasteiger partial charge on any atom is 0.291 e. The first-order valence-electron chi connectivity index (χ1n) is 8.44. The summed E-state index contributed by atoms with van der Waals surface area (Å²) in [6.45, 7) is 5.17. The molecule has 1 aliphatic rings. The second-order valence-electron chi connectivity index (χ2n) is 6.49. The number of rotatable bonds is 3. The maximum atomic E-state index is 12.9. The van der Waals surface area contributed by atoms with Gasteiger partial charge in [0.1, 0.15) is 0 Å². The van der Waals surface area contributed by atoms with Crippen LogP contribution in [0.3, 0.4) is 0 Å². The van der Waals surface area contributed by atoms with Crippen LogP contribution in [-0.2, 0) is 0 Å². The van der Waals surface area contributed by atoms with E-state index in [1.54, 1.807) is 0 Å². The van der Waals surface area contributed by atoms with Crippen LogP contribution in [0.4, 0.5) is 0 Å². The van der Waals surface area contributed by atoms with Gasteiger partial charge < -0.3 is 9.32 Å². The summed E-state index contributed by atoms with van der Waals surface area (Å²) in [4.78, 5) is 19.1. The zero-order valence-corrected chi connectivity index (χ0v) is 14.3. The molecule has 3 heterocycles. The predicted molar refractivity (Wildman–Crippen MR) is 93.2 cm³/mol. The highest BCUT2D eigenvalue weighted by molar-refractivity contribution is 5.93. The Balaban J connectivity index is 1.53. The van der Waals surface area contributed by atoms with Crippen LogP contribution in [0.5, 0.6) is 0 Å². The fraction of sp³-hybridized carbons (Fsp3) is 0.316. The summed E-state index contributed by atoms with van der Waals surface area (Å²) in [5.74, 6) is 0.717. The average molecular weight is 336 g/mol. The molecule has 0 N–H and O–H groups in total. The Hall–Kier alpha value is -2.89. The van der Waals surface area contributed by atoms with E-state index < -0.39 is 0 Å². The van der Waals surface area contributed by atoms with E-state index in [-0.39, 0.29) is 11.9 Å². The van der Waals surface area contributed by atoms with E-state index >= 15 is 0 Å². The Kier molecular flexibility index (Phi) is 3.87. The van der Waals surface area contributed by atoms with Crippen molar-refractivity contribution in [2.75, 3.05) is 13.1 Å². The Labute approximate surface area is 146 Å². The molecule has 6 heteroatoms. The van der Waals surface area contributed by atoms with Crippen molar-refractivity contribution in [3.05, 3.63) is 59.7 Å². The van der Waals surface area contributed by atoms with Crippen molar-refractivity contribution in [3.63, 3.8) is 0 Å². The molecule has 25 heavy (non-hydrogen) atoms. The molecule has 4 rings (SSSR count). The summed E-state index contributed by atoms with van der Waals surface area (Å²) in [6, 6.07) is 9.85. The van der Waals surface area contributed by atoms with Gasteiger partial charge in [-0.05, 0) is 38.0 Å². The average Bonchev–Trinajstić information content (AvgIpc) is 3.34. The molecule has 1 amide bonds. The number of hydrogen-bond donors (Lipinski definition) is 0. The minimum atomic E-state index is -0.0986. The third-order valence-electron chi connectivity index (χ3n) is 4.57. The molecule has 1 aliphatic heterocycles. The van der Waals surface area contributed by atoms with Crippen molar-refractivity contribution < 1.29 is 9.21 Å². The lowest BCUT2D eigenvalue weighted by molar-refractivity contribution is 0.0755. The van der Waals surface area contributed by atoms with Gasteiger partial charge in [-0.3, -0.25) is 9.48 Å². The molecule has 0 aliphatic carbocycles. The summed E-state index contributed by atoms with van der Waals surface area (Å²) in [5, 5.41) is 4.37. The van der Waals surface area contributed by atoms with Crippen molar-refractivity contribution in [2.24, 2.45) is 0 Å². The van der Waals surface area contributed by atoms with Crippen LogP contribution < -0.4 is 0 Å². The number of oxazole rings is 1. The van der Waals surface area contributed by atoms with Crippen LogP contribution in [-0.4, -0.2) is 38.7 Å². The molecular formula is C19H20N4O2. The Morgan fingerprint density at radius 3 is 2.76 bits per heavy atom. The van der Waals surface area contributed by atoms with Crippen molar-refractivity contribution in [1.82, 2.24) is 19.7 Å². The minimum absolute atomic E-state index is 0.0986. The van der Waals surface area contributed by atoms with Crippen LogP contribution in [0, 0.1) is 13.8 Å². The summed E-state index contributed by atoms with van der Waals surface area (Å²) in [6.07, 6.45) is 4.76. The number of aryl methyl sites for hydroxylation is 2. The van der Waals surface area contributed by atoms with Gasteiger partial charge in [0.25, 0.3) is 5.91 Å². The SMILES string of the molecule is Cc1cnn(C2CCN(C(=O)c3oc(-c4ccccc4)nc3C)C2)c1. The second kappa shape index (κ2) is 6.20. The topological polar surface area (TPSA) is 64.2 Å². The molecule has 128 valence electrons. The van der Waals surface area contributed by atoms with Crippen molar-refractivity contribution in [3.8, 4) is 11.5 Å². The molecule has 6 nitrogen and oxygen atoms in total.